The second-order valence-corrected chi connectivity index (χ2v) is 5.83. The van der Waals surface area contributed by atoms with E-state index in [0.29, 0.717) is 36.1 Å². The molecule has 6 nitrogen and oxygen atoms in total. The maximum Gasteiger partial charge on any atom is 0.234 e. The lowest BCUT2D eigenvalue weighted by molar-refractivity contribution is -0.122. The van der Waals surface area contributed by atoms with Crippen LogP contribution in [0.25, 0.3) is 11.5 Å². The molecule has 2 atom stereocenters. The summed E-state index contributed by atoms with van der Waals surface area (Å²) in [7, 11) is 0. The van der Waals surface area contributed by atoms with Crippen molar-refractivity contribution < 1.29 is 14.3 Å². The molecule has 3 N–H and O–H groups in total. The van der Waals surface area contributed by atoms with Gasteiger partial charge in [0.25, 0.3) is 0 Å². The third kappa shape index (κ3) is 3.14. The Morgan fingerprint density at radius 3 is 3.09 bits per heavy atom. The minimum atomic E-state index is -0.545. The number of rotatable bonds is 4. The van der Waals surface area contributed by atoms with Gasteiger partial charge < -0.3 is 15.3 Å². The first-order valence-corrected chi connectivity index (χ1v) is 7.32. The Morgan fingerprint density at radius 2 is 2.36 bits per heavy atom. The van der Waals surface area contributed by atoms with Gasteiger partial charge in [0.05, 0.1) is 17.8 Å². The Bertz CT molecular complexity index is 688. The fraction of sp³-hybridized carbons (Fsp3) is 0.333. The molecule has 7 heteroatoms. The second kappa shape index (κ2) is 6.08. The monoisotopic (exact) mass is 321 g/mol. The highest BCUT2D eigenvalue weighted by Crippen LogP contribution is 2.24. The summed E-state index contributed by atoms with van der Waals surface area (Å²) in [5.41, 5.74) is 6.83. The number of β-amino-alcohol motifs (C(OH)–C–C–N with tert-alkyl or cyclic N) is 1. The van der Waals surface area contributed by atoms with Crippen LogP contribution in [0.15, 0.2) is 34.9 Å². The zero-order chi connectivity index (χ0) is 15.7. The Hall–Kier alpha value is -1.89. The van der Waals surface area contributed by atoms with Crippen molar-refractivity contribution in [3.63, 3.8) is 0 Å². The molecule has 22 heavy (non-hydrogen) atoms. The molecule has 2 aromatic rings. The molecule has 0 unspecified atom stereocenters. The molecule has 1 aliphatic heterocycles. The van der Waals surface area contributed by atoms with Crippen molar-refractivity contribution in [3.8, 4) is 11.5 Å². The number of aromatic nitrogens is 1. The molecule has 0 bridgehead atoms. The van der Waals surface area contributed by atoms with Crippen molar-refractivity contribution in [2.24, 2.45) is 5.73 Å². The lowest BCUT2D eigenvalue weighted by Crippen LogP contribution is -2.39. The number of aliphatic hydroxyl groups is 1. The number of oxazole rings is 1. The average Bonchev–Trinajstić information content (AvgIpc) is 3.06. The van der Waals surface area contributed by atoms with Crippen molar-refractivity contribution in [1.82, 2.24) is 9.88 Å². The predicted molar refractivity (Wildman–Crippen MR) is 81.0 cm³/mol. The second-order valence-electron chi connectivity index (χ2n) is 5.39. The molecule has 0 radical (unpaired) electrons. The van der Waals surface area contributed by atoms with Crippen molar-refractivity contribution >= 4 is 17.5 Å². The normalized spacial score (nSPS) is 22.1. The maximum atomic E-state index is 11.4. The maximum absolute atomic E-state index is 11.4. The van der Waals surface area contributed by atoms with Crippen molar-refractivity contribution in [3.05, 3.63) is 41.2 Å². The molecule has 0 saturated carbocycles. The van der Waals surface area contributed by atoms with Crippen LogP contribution in [-0.2, 0) is 11.3 Å². The summed E-state index contributed by atoms with van der Waals surface area (Å²) in [6.45, 7) is 0.793. The van der Waals surface area contributed by atoms with E-state index >= 15 is 0 Å². The molecular weight excluding hydrogens is 306 g/mol. The van der Waals surface area contributed by atoms with Gasteiger partial charge in [0, 0.05) is 23.7 Å². The van der Waals surface area contributed by atoms with E-state index in [9.17, 15) is 9.90 Å². The van der Waals surface area contributed by atoms with E-state index in [0.717, 1.165) is 5.56 Å². The number of halogens is 1. The van der Waals surface area contributed by atoms with Gasteiger partial charge in [-0.3, -0.25) is 9.69 Å². The molecule has 1 aromatic heterocycles. The number of nitrogens with zero attached hydrogens (tertiary/aromatic N) is 2. The summed E-state index contributed by atoms with van der Waals surface area (Å²) in [5, 5.41) is 10.3. The number of carbonyl (C=O) groups is 1. The Balaban J connectivity index is 1.76. The third-order valence-electron chi connectivity index (χ3n) is 3.70. The lowest BCUT2D eigenvalue weighted by atomic mass is 10.2. The van der Waals surface area contributed by atoms with Gasteiger partial charge in [0.1, 0.15) is 6.26 Å². The van der Waals surface area contributed by atoms with Gasteiger partial charge >= 0.3 is 0 Å². The van der Waals surface area contributed by atoms with Crippen LogP contribution in [0, 0.1) is 0 Å². The minimum Gasteiger partial charge on any atom is -0.444 e. The van der Waals surface area contributed by atoms with Gasteiger partial charge in [0.2, 0.25) is 11.8 Å². The molecule has 1 amide bonds. The standard InChI is InChI=1S/C15H16ClN3O3/c16-10-3-1-2-9(4-10)15-18-11(8-22-15)6-19-7-12(20)5-13(19)14(17)21/h1-4,8,12-13,20H,5-7H2,(H2,17,21)/t12-,13+/m1/s1. The first kappa shape index (κ1) is 15.0. The number of benzene rings is 1. The zero-order valence-electron chi connectivity index (χ0n) is 11.8. The molecular formula is C15H16ClN3O3. The number of hydrogen-bond donors (Lipinski definition) is 2. The molecule has 0 aliphatic carbocycles. The predicted octanol–water partition coefficient (Wildman–Crippen LogP) is 1.42. The Kier molecular flexibility index (Phi) is 4.15. The number of likely N-dealkylation sites (tertiary alicyclic amines) is 1. The van der Waals surface area contributed by atoms with Gasteiger partial charge in [0.15, 0.2) is 0 Å². The summed E-state index contributed by atoms with van der Waals surface area (Å²) in [5.74, 6) is 0.0305. The van der Waals surface area contributed by atoms with Crippen LogP contribution in [0.4, 0.5) is 0 Å². The smallest absolute Gasteiger partial charge is 0.234 e. The van der Waals surface area contributed by atoms with Gasteiger partial charge in [-0.1, -0.05) is 17.7 Å². The van der Waals surface area contributed by atoms with Crippen LogP contribution in [-0.4, -0.2) is 39.6 Å². The van der Waals surface area contributed by atoms with Crippen LogP contribution in [0.2, 0.25) is 5.02 Å². The van der Waals surface area contributed by atoms with Crippen molar-refractivity contribution in [1.29, 1.82) is 0 Å². The van der Waals surface area contributed by atoms with E-state index in [-0.39, 0.29) is 0 Å². The van der Waals surface area contributed by atoms with E-state index in [1.165, 1.54) is 0 Å². The van der Waals surface area contributed by atoms with Crippen molar-refractivity contribution in [2.45, 2.75) is 25.1 Å². The Labute approximate surface area is 132 Å². The molecule has 2 heterocycles. The molecule has 1 aliphatic rings. The van der Waals surface area contributed by atoms with Gasteiger partial charge in [-0.25, -0.2) is 4.98 Å². The van der Waals surface area contributed by atoms with E-state index in [1.807, 2.05) is 17.0 Å². The van der Waals surface area contributed by atoms with Gasteiger partial charge in [-0.05, 0) is 24.6 Å². The van der Waals surface area contributed by atoms with Gasteiger partial charge in [-0.15, -0.1) is 0 Å². The molecule has 1 fully saturated rings. The molecule has 0 spiro atoms. The zero-order valence-corrected chi connectivity index (χ0v) is 12.5. The SMILES string of the molecule is NC(=O)[C@@H]1C[C@@H](O)CN1Cc1coc(-c2cccc(Cl)c2)n1. The highest BCUT2D eigenvalue weighted by molar-refractivity contribution is 6.30. The number of hydrogen-bond acceptors (Lipinski definition) is 5. The highest BCUT2D eigenvalue weighted by atomic mass is 35.5. The quantitative estimate of drug-likeness (QED) is 0.888. The fourth-order valence-electron chi connectivity index (χ4n) is 2.69. The first-order valence-electron chi connectivity index (χ1n) is 6.94. The lowest BCUT2D eigenvalue weighted by Gasteiger charge is -2.19. The van der Waals surface area contributed by atoms with Crippen molar-refractivity contribution in [2.75, 3.05) is 6.54 Å². The number of carbonyl (C=O) groups excluding carboxylic acids is 1. The molecule has 1 aromatic carbocycles. The minimum absolute atomic E-state index is 0.355. The summed E-state index contributed by atoms with van der Waals surface area (Å²) in [6.07, 6.45) is 1.35. The highest BCUT2D eigenvalue weighted by Gasteiger charge is 2.35. The van der Waals surface area contributed by atoms with Crippen LogP contribution < -0.4 is 5.73 Å². The number of aliphatic hydroxyl groups excluding tert-OH is 1. The third-order valence-corrected chi connectivity index (χ3v) is 3.93. The van der Waals surface area contributed by atoms with E-state index in [1.54, 1.807) is 18.4 Å². The van der Waals surface area contributed by atoms with Crippen LogP contribution in [0.1, 0.15) is 12.1 Å². The number of primary amides is 1. The van der Waals surface area contributed by atoms with Gasteiger partial charge in [-0.2, -0.15) is 0 Å². The van der Waals surface area contributed by atoms with Crippen LogP contribution >= 0.6 is 11.6 Å². The summed E-state index contributed by atoms with van der Waals surface area (Å²) >= 11 is 5.95. The summed E-state index contributed by atoms with van der Waals surface area (Å²) in [6, 6.07) is 6.75. The molecule has 1 saturated heterocycles. The first-order chi connectivity index (χ1) is 10.5. The topological polar surface area (TPSA) is 92.6 Å². The molecule has 3 rings (SSSR count). The Morgan fingerprint density at radius 1 is 1.55 bits per heavy atom. The van der Waals surface area contributed by atoms with Crippen LogP contribution in [0.3, 0.4) is 0 Å². The van der Waals surface area contributed by atoms with E-state index in [2.05, 4.69) is 4.98 Å². The van der Waals surface area contributed by atoms with E-state index in [4.69, 9.17) is 21.8 Å². The summed E-state index contributed by atoms with van der Waals surface area (Å²) in [4.78, 5) is 17.6. The fourth-order valence-corrected chi connectivity index (χ4v) is 2.88. The summed E-state index contributed by atoms with van der Waals surface area (Å²) < 4.78 is 5.46. The van der Waals surface area contributed by atoms with E-state index < -0.39 is 18.1 Å². The average molecular weight is 322 g/mol. The number of nitrogens with two attached hydrogens (primary N) is 1. The molecule has 116 valence electrons. The largest absolute Gasteiger partial charge is 0.444 e. The van der Waals surface area contributed by atoms with Crippen LogP contribution in [0.5, 0.6) is 0 Å². The number of amides is 1.